The summed E-state index contributed by atoms with van der Waals surface area (Å²) in [7, 11) is 0. The number of hydrogen-bond acceptors (Lipinski definition) is 10. The summed E-state index contributed by atoms with van der Waals surface area (Å²) in [6.45, 7) is -0.221. The quantitative estimate of drug-likeness (QED) is 0.203. The first-order valence-corrected chi connectivity index (χ1v) is 13.0. The number of primary amides is 1. The Balaban J connectivity index is 1.20. The number of nitrogens with two attached hydrogens (primary N) is 1. The van der Waals surface area contributed by atoms with Crippen LogP contribution in [0.5, 0.6) is 0 Å². The summed E-state index contributed by atoms with van der Waals surface area (Å²) >= 11 is 0. The highest BCUT2D eigenvalue weighted by Gasteiger charge is 2.40. The number of esters is 1. The molecule has 1 aromatic carbocycles. The van der Waals surface area contributed by atoms with E-state index in [-0.39, 0.29) is 37.0 Å². The van der Waals surface area contributed by atoms with Crippen molar-refractivity contribution in [3.63, 3.8) is 0 Å². The fraction of sp³-hybridized carbons (Fsp3) is 0.346. The number of carbonyl (C=O) groups is 3. The maximum absolute atomic E-state index is 14.5. The Morgan fingerprint density at radius 2 is 2.05 bits per heavy atom. The van der Waals surface area contributed by atoms with Crippen molar-refractivity contribution in [3.05, 3.63) is 54.6 Å². The number of alkyl halides is 1. The molecule has 0 spiro atoms. The zero-order valence-electron chi connectivity index (χ0n) is 21.6. The van der Waals surface area contributed by atoms with Crippen molar-refractivity contribution in [1.29, 1.82) is 0 Å². The van der Waals surface area contributed by atoms with Gasteiger partial charge in [0, 0.05) is 36.1 Å². The van der Waals surface area contributed by atoms with Crippen LogP contribution in [0.4, 0.5) is 10.2 Å². The van der Waals surface area contributed by atoms with Gasteiger partial charge < -0.3 is 25.8 Å². The summed E-state index contributed by atoms with van der Waals surface area (Å²) in [5.74, 6) is -1.39. The van der Waals surface area contributed by atoms with Crippen LogP contribution < -0.4 is 11.1 Å². The molecule has 4 N–H and O–H groups in total. The number of carbonyl (C=O) groups excluding carboxylic acids is 3. The molecule has 0 radical (unpaired) electrons. The number of ether oxygens (including phenoxy) is 1. The summed E-state index contributed by atoms with van der Waals surface area (Å²) < 4.78 is 22.3. The van der Waals surface area contributed by atoms with Crippen molar-refractivity contribution in [3.8, 4) is 11.1 Å². The summed E-state index contributed by atoms with van der Waals surface area (Å²) in [4.78, 5) is 38.7. The zero-order valence-corrected chi connectivity index (χ0v) is 21.6. The van der Waals surface area contributed by atoms with Gasteiger partial charge in [-0.15, -0.1) is 0 Å². The molecule has 4 atom stereocenters. The van der Waals surface area contributed by atoms with Gasteiger partial charge in [-0.1, -0.05) is 6.07 Å². The number of aliphatic hydroxyl groups is 1. The lowest BCUT2D eigenvalue weighted by Gasteiger charge is -2.28. The second kappa shape index (κ2) is 10.6. The summed E-state index contributed by atoms with van der Waals surface area (Å²) in [6, 6.07) is 7.12. The molecule has 6 rings (SSSR count). The maximum atomic E-state index is 14.5. The van der Waals surface area contributed by atoms with Crippen molar-refractivity contribution in [1.82, 2.24) is 34.7 Å². The molecule has 2 amide bonds. The molecule has 2 saturated heterocycles. The third kappa shape index (κ3) is 5.06. The van der Waals surface area contributed by atoms with Crippen molar-refractivity contribution >= 4 is 34.5 Å². The van der Waals surface area contributed by atoms with Crippen LogP contribution in [0, 0.1) is 0 Å². The molecule has 41 heavy (non-hydrogen) atoms. The van der Waals surface area contributed by atoms with E-state index in [2.05, 4.69) is 25.7 Å². The molecule has 15 heteroatoms. The standard InChI is InChI=1S/C26H26FN9O5/c27-16-10-20(25(39)31-21-4-7-35(32-21)19-5-8-41-26(19)40)34(12-16)22(37)13-36-18-2-1-14(15-3-6-29-30-11-15)9-17(18)23(33-36)24(28)38/h1-4,6-7,9,11,16,19-20,25,39H,5,8,10,12-13H2,(H2,28,38)(H,31,32). The molecular weight excluding hydrogens is 537 g/mol. The van der Waals surface area contributed by atoms with E-state index in [1.54, 1.807) is 48.9 Å². The van der Waals surface area contributed by atoms with Gasteiger partial charge in [-0.2, -0.15) is 20.4 Å². The van der Waals surface area contributed by atoms with Gasteiger partial charge in [0.1, 0.15) is 24.8 Å². The first kappa shape index (κ1) is 26.3. The van der Waals surface area contributed by atoms with E-state index in [0.717, 1.165) is 11.1 Å². The molecule has 4 aromatic rings. The van der Waals surface area contributed by atoms with Crippen LogP contribution in [-0.4, -0.2) is 89.1 Å². The minimum Gasteiger partial charge on any atom is -0.464 e. The lowest BCUT2D eigenvalue weighted by molar-refractivity contribution is -0.141. The highest BCUT2D eigenvalue weighted by atomic mass is 19.1. The molecule has 2 aliphatic heterocycles. The lowest BCUT2D eigenvalue weighted by Crippen LogP contribution is -2.47. The molecule has 3 aromatic heterocycles. The third-order valence-electron chi connectivity index (χ3n) is 7.29. The van der Waals surface area contributed by atoms with Gasteiger partial charge in [0.2, 0.25) is 5.91 Å². The molecule has 212 valence electrons. The average molecular weight is 564 g/mol. The fourth-order valence-electron chi connectivity index (χ4n) is 5.30. The number of rotatable bonds is 8. The van der Waals surface area contributed by atoms with E-state index in [9.17, 15) is 23.9 Å². The van der Waals surface area contributed by atoms with E-state index in [0.29, 0.717) is 23.9 Å². The molecular formula is C26H26FN9O5. The van der Waals surface area contributed by atoms with Gasteiger partial charge in [-0.3, -0.25) is 19.0 Å². The van der Waals surface area contributed by atoms with Crippen LogP contribution in [0.15, 0.2) is 48.9 Å². The monoisotopic (exact) mass is 563 g/mol. The second-order valence-corrected chi connectivity index (χ2v) is 9.92. The molecule has 0 saturated carbocycles. The number of nitrogens with one attached hydrogen (secondary N) is 1. The van der Waals surface area contributed by atoms with Gasteiger partial charge in [0.05, 0.1) is 37.1 Å². The number of fused-ring (bicyclic) bond motifs is 1. The molecule has 4 unspecified atom stereocenters. The van der Waals surface area contributed by atoms with Gasteiger partial charge in [-0.05, 0) is 23.8 Å². The third-order valence-corrected chi connectivity index (χ3v) is 7.29. The number of hydrogen-bond donors (Lipinski definition) is 3. The Morgan fingerprint density at radius 3 is 2.78 bits per heavy atom. The Labute approximate surface area is 231 Å². The SMILES string of the molecule is NC(=O)c1nn(CC(=O)N2CC(F)CC2C(O)Nc2ccn(C3CCOC3=O)n2)c2ccc(-c3ccnnc3)cc12. The Morgan fingerprint density at radius 1 is 1.20 bits per heavy atom. The van der Waals surface area contributed by atoms with Crippen LogP contribution in [-0.2, 0) is 20.9 Å². The number of likely N-dealkylation sites (tertiary alicyclic amines) is 1. The number of amides is 2. The van der Waals surface area contributed by atoms with Gasteiger partial charge in [0.25, 0.3) is 5.91 Å². The summed E-state index contributed by atoms with van der Waals surface area (Å²) in [6.07, 6.45) is 2.40. The lowest BCUT2D eigenvalue weighted by atomic mass is 10.0. The highest BCUT2D eigenvalue weighted by Crippen LogP contribution is 2.28. The minimum atomic E-state index is -1.35. The van der Waals surface area contributed by atoms with Crippen molar-refractivity contribution in [2.24, 2.45) is 5.73 Å². The highest BCUT2D eigenvalue weighted by molar-refractivity contribution is 6.05. The minimum absolute atomic E-state index is 0.0126. The summed E-state index contributed by atoms with van der Waals surface area (Å²) in [5.41, 5.74) is 7.57. The number of cyclic esters (lactones) is 1. The summed E-state index contributed by atoms with van der Waals surface area (Å²) in [5, 5.41) is 30.4. The normalized spacial score (nSPS) is 21.3. The predicted octanol–water partition coefficient (Wildman–Crippen LogP) is 0.646. The number of aliphatic hydroxyl groups excluding tert-OH is 1. The first-order valence-electron chi connectivity index (χ1n) is 13.0. The number of nitrogens with zero attached hydrogens (tertiary/aromatic N) is 7. The fourth-order valence-corrected chi connectivity index (χ4v) is 5.30. The second-order valence-electron chi connectivity index (χ2n) is 9.92. The topological polar surface area (TPSA) is 183 Å². The average Bonchev–Trinajstić information content (AvgIpc) is 3.75. The van der Waals surface area contributed by atoms with E-state index >= 15 is 0 Å². The smallest absolute Gasteiger partial charge is 0.331 e. The number of aromatic nitrogens is 6. The van der Waals surface area contributed by atoms with Gasteiger partial charge >= 0.3 is 5.97 Å². The molecule has 14 nitrogen and oxygen atoms in total. The Bertz CT molecular complexity index is 1620. The van der Waals surface area contributed by atoms with Crippen LogP contribution in [0.3, 0.4) is 0 Å². The van der Waals surface area contributed by atoms with Crippen LogP contribution in [0.25, 0.3) is 22.0 Å². The van der Waals surface area contributed by atoms with E-state index in [4.69, 9.17) is 10.5 Å². The molecule has 0 aliphatic carbocycles. The van der Waals surface area contributed by atoms with Gasteiger partial charge in [0.15, 0.2) is 11.7 Å². The first-order chi connectivity index (χ1) is 19.8. The van der Waals surface area contributed by atoms with E-state index < -0.39 is 36.3 Å². The maximum Gasteiger partial charge on any atom is 0.331 e. The largest absolute Gasteiger partial charge is 0.464 e. The van der Waals surface area contributed by atoms with Crippen LogP contribution >= 0.6 is 0 Å². The van der Waals surface area contributed by atoms with Crippen molar-refractivity contribution in [2.45, 2.75) is 43.9 Å². The van der Waals surface area contributed by atoms with E-state index in [1.807, 2.05) is 0 Å². The number of halogens is 1. The van der Waals surface area contributed by atoms with Crippen molar-refractivity contribution < 1.29 is 28.6 Å². The molecule has 0 bridgehead atoms. The van der Waals surface area contributed by atoms with Crippen LogP contribution in [0.2, 0.25) is 0 Å². The number of benzene rings is 1. The van der Waals surface area contributed by atoms with Crippen LogP contribution in [0.1, 0.15) is 29.4 Å². The Hall–Kier alpha value is -4.92. The van der Waals surface area contributed by atoms with E-state index in [1.165, 1.54) is 14.3 Å². The Kier molecular flexibility index (Phi) is 6.78. The zero-order chi connectivity index (χ0) is 28.7. The predicted molar refractivity (Wildman–Crippen MR) is 141 cm³/mol. The van der Waals surface area contributed by atoms with Gasteiger partial charge in [-0.25, -0.2) is 9.18 Å². The molecule has 2 fully saturated rings. The number of anilines is 1. The van der Waals surface area contributed by atoms with Crippen molar-refractivity contribution in [2.75, 3.05) is 18.5 Å². The molecule has 2 aliphatic rings. The molecule has 5 heterocycles.